The van der Waals surface area contributed by atoms with Gasteiger partial charge in [0.25, 0.3) is 5.91 Å². The van der Waals surface area contributed by atoms with Gasteiger partial charge in [0.1, 0.15) is 5.75 Å². The molecule has 0 saturated carbocycles. The Morgan fingerprint density at radius 1 is 1.05 bits per heavy atom. The van der Waals surface area contributed by atoms with E-state index in [0.717, 1.165) is 11.4 Å². The molecule has 0 aliphatic carbocycles. The molecule has 4 nitrogen and oxygen atoms in total. The zero-order chi connectivity index (χ0) is 14.5. The summed E-state index contributed by atoms with van der Waals surface area (Å²) in [6, 6.07) is 14.8. The lowest BCUT2D eigenvalue weighted by molar-refractivity contribution is 0.102. The molecule has 0 saturated heterocycles. The van der Waals surface area contributed by atoms with E-state index in [-0.39, 0.29) is 5.91 Å². The molecule has 4 heteroatoms. The first-order valence-electron chi connectivity index (χ1n) is 6.34. The highest BCUT2D eigenvalue weighted by Gasteiger charge is 2.13. The Bertz CT molecular complexity index is 609. The van der Waals surface area contributed by atoms with Crippen molar-refractivity contribution in [2.45, 2.75) is 0 Å². The molecule has 0 fully saturated rings. The molecule has 104 valence electrons. The van der Waals surface area contributed by atoms with Gasteiger partial charge in [-0.3, -0.25) is 4.79 Å². The van der Waals surface area contributed by atoms with Gasteiger partial charge in [0, 0.05) is 14.1 Å². The molecule has 20 heavy (non-hydrogen) atoms. The normalized spacial score (nSPS) is 9.95. The second-order valence-electron chi connectivity index (χ2n) is 4.57. The van der Waals surface area contributed by atoms with Gasteiger partial charge in [0.15, 0.2) is 0 Å². The summed E-state index contributed by atoms with van der Waals surface area (Å²) in [4.78, 5) is 14.3. The number of anilines is 2. The van der Waals surface area contributed by atoms with Crippen molar-refractivity contribution >= 4 is 17.3 Å². The van der Waals surface area contributed by atoms with Gasteiger partial charge in [-0.1, -0.05) is 24.3 Å². The maximum atomic E-state index is 12.4. The number of nitrogens with zero attached hydrogens (tertiary/aromatic N) is 1. The monoisotopic (exact) mass is 270 g/mol. The van der Waals surface area contributed by atoms with Crippen LogP contribution in [0.3, 0.4) is 0 Å². The van der Waals surface area contributed by atoms with Crippen molar-refractivity contribution < 1.29 is 9.53 Å². The first-order chi connectivity index (χ1) is 9.63. The Hall–Kier alpha value is -2.49. The Labute approximate surface area is 119 Å². The lowest BCUT2D eigenvalue weighted by atomic mass is 10.1. The Kier molecular flexibility index (Phi) is 4.25. The van der Waals surface area contributed by atoms with Crippen molar-refractivity contribution in [1.82, 2.24) is 0 Å². The highest BCUT2D eigenvalue weighted by atomic mass is 16.5. The number of rotatable bonds is 4. The Morgan fingerprint density at radius 2 is 1.70 bits per heavy atom. The molecule has 2 aromatic carbocycles. The van der Waals surface area contributed by atoms with Crippen LogP contribution >= 0.6 is 0 Å². The molecule has 0 radical (unpaired) electrons. The van der Waals surface area contributed by atoms with Gasteiger partial charge in [-0.05, 0) is 24.3 Å². The minimum Gasteiger partial charge on any atom is -0.496 e. The molecular weight excluding hydrogens is 252 g/mol. The van der Waals surface area contributed by atoms with Gasteiger partial charge in [0.05, 0.1) is 24.0 Å². The fourth-order valence-corrected chi connectivity index (χ4v) is 1.99. The quantitative estimate of drug-likeness (QED) is 0.928. The van der Waals surface area contributed by atoms with Crippen molar-refractivity contribution in [1.29, 1.82) is 0 Å². The fraction of sp³-hybridized carbons (Fsp3) is 0.188. The molecule has 2 aromatic rings. The zero-order valence-corrected chi connectivity index (χ0v) is 11.9. The number of ether oxygens (including phenoxy) is 1. The standard InChI is InChI=1S/C16H18N2O2/c1-18(2)14-10-6-5-9-13(14)17-16(19)12-8-4-7-11-15(12)20-3/h4-11H,1-3H3,(H,17,19). The number of hydrogen-bond donors (Lipinski definition) is 1. The van der Waals surface area contributed by atoms with Gasteiger partial charge < -0.3 is 15.0 Å². The third kappa shape index (κ3) is 2.91. The Balaban J connectivity index is 2.28. The smallest absolute Gasteiger partial charge is 0.259 e. The van der Waals surface area contributed by atoms with E-state index in [2.05, 4.69) is 5.32 Å². The topological polar surface area (TPSA) is 41.6 Å². The predicted molar refractivity (Wildman–Crippen MR) is 81.7 cm³/mol. The van der Waals surface area contributed by atoms with E-state index >= 15 is 0 Å². The first-order valence-corrected chi connectivity index (χ1v) is 6.34. The lowest BCUT2D eigenvalue weighted by Crippen LogP contribution is -2.17. The van der Waals surface area contributed by atoms with Crippen LogP contribution in [0.15, 0.2) is 48.5 Å². The SMILES string of the molecule is COc1ccccc1C(=O)Nc1ccccc1N(C)C. The summed E-state index contributed by atoms with van der Waals surface area (Å²) < 4.78 is 5.21. The van der Waals surface area contributed by atoms with Crippen LogP contribution in [0.2, 0.25) is 0 Å². The summed E-state index contributed by atoms with van der Waals surface area (Å²) in [5.74, 6) is 0.379. The maximum absolute atomic E-state index is 12.4. The van der Waals surface area contributed by atoms with Crippen LogP contribution in [-0.4, -0.2) is 27.1 Å². The molecular formula is C16H18N2O2. The van der Waals surface area contributed by atoms with Crippen LogP contribution in [0, 0.1) is 0 Å². The number of methoxy groups -OCH3 is 1. The van der Waals surface area contributed by atoms with Crippen LogP contribution in [0.4, 0.5) is 11.4 Å². The average molecular weight is 270 g/mol. The van der Waals surface area contributed by atoms with E-state index < -0.39 is 0 Å². The fourth-order valence-electron chi connectivity index (χ4n) is 1.99. The number of hydrogen-bond acceptors (Lipinski definition) is 3. The van der Waals surface area contributed by atoms with Crippen molar-refractivity contribution in [3.05, 3.63) is 54.1 Å². The van der Waals surface area contributed by atoms with Gasteiger partial charge in [-0.15, -0.1) is 0 Å². The second-order valence-corrected chi connectivity index (χ2v) is 4.57. The van der Waals surface area contributed by atoms with E-state index in [4.69, 9.17) is 4.74 Å². The summed E-state index contributed by atoms with van der Waals surface area (Å²) in [5, 5.41) is 2.92. The molecule has 0 atom stereocenters. The molecule has 2 rings (SSSR count). The van der Waals surface area contributed by atoms with E-state index in [0.29, 0.717) is 11.3 Å². The summed E-state index contributed by atoms with van der Waals surface area (Å²) in [6.07, 6.45) is 0. The number of carbonyl (C=O) groups excluding carboxylic acids is 1. The van der Waals surface area contributed by atoms with Crippen molar-refractivity contribution in [3.8, 4) is 5.75 Å². The van der Waals surface area contributed by atoms with Gasteiger partial charge in [-0.2, -0.15) is 0 Å². The van der Waals surface area contributed by atoms with Crippen molar-refractivity contribution in [2.75, 3.05) is 31.4 Å². The Morgan fingerprint density at radius 3 is 2.40 bits per heavy atom. The van der Waals surface area contributed by atoms with Crippen LogP contribution < -0.4 is 15.0 Å². The summed E-state index contributed by atoms with van der Waals surface area (Å²) in [6.45, 7) is 0. The lowest BCUT2D eigenvalue weighted by Gasteiger charge is -2.18. The molecule has 0 spiro atoms. The summed E-state index contributed by atoms with van der Waals surface area (Å²) >= 11 is 0. The van der Waals surface area contributed by atoms with E-state index in [1.807, 2.05) is 55.4 Å². The molecule has 0 aromatic heterocycles. The molecule has 1 N–H and O–H groups in total. The van der Waals surface area contributed by atoms with E-state index in [9.17, 15) is 4.79 Å². The highest BCUT2D eigenvalue weighted by molar-refractivity contribution is 6.07. The minimum atomic E-state index is -0.184. The van der Waals surface area contributed by atoms with Crippen molar-refractivity contribution in [3.63, 3.8) is 0 Å². The number of benzene rings is 2. The second kappa shape index (κ2) is 6.10. The predicted octanol–water partition coefficient (Wildman–Crippen LogP) is 3.01. The third-order valence-electron chi connectivity index (χ3n) is 2.99. The van der Waals surface area contributed by atoms with E-state index in [1.54, 1.807) is 19.2 Å². The number of nitrogens with one attached hydrogen (secondary N) is 1. The van der Waals surface area contributed by atoms with Crippen LogP contribution in [0.25, 0.3) is 0 Å². The van der Waals surface area contributed by atoms with Gasteiger partial charge in [0.2, 0.25) is 0 Å². The highest BCUT2D eigenvalue weighted by Crippen LogP contribution is 2.25. The third-order valence-corrected chi connectivity index (χ3v) is 2.99. The molecule has 0 aliphatic rings. The number of para-hydroxylation sites is 3. The van der Waals surface area contributed by atoms with Crippen LogP contribution in [0.5, 0.6) is 5.75 Å². The number of amides is 1. The van der Waals surface area contributed by atoms with Gasteiger partial charge >= 0.3 is 0 Å². The van der Waals surface area contributed by atoms with E-state index in [1.165, 1.54) is 0 Å². The molecule has 0 unspecified atom stereocenters. The average Bonchev–Trinajstić information content (AvgIpc) is 2.47. The first kappa shape index (κ1) is 13.9. The van der Waals surface area contributed by atoms with Crippen molar-refractivity contribution in [2.24, 2.45) is 0 Å². The molecule has 1 amide bonds. The largest absolute Gasteiger partial charge is 0.496 e. The molecule has 0 heterocycles. The van der Waals surface area contributed by atoms with Crippen LogP contribution in [0.1, 0.15) is 10.4 Å². The summed E-state index contributed by atoms with van der Waals surface area (Å²) in [5.41, 5.74) is 2.24. The van der Waals surface area contributed by atoms with Crippen LogP contribution in [-0.2, 0) is 0 Å². The maximum Gasteiger partial charge on any atom is 0.259 e. The number of carbonyl (C=O) groups is 1. The minimum absolute atomic E-state index is 0.184. The molecule has 0 bridgehead atoms. The zero-order valence-electron chi connectivity index (χ0n) is 11.9. The van der Waals surface area contributed by atoms with Gasteiger partial charge in [-0.25, -0.2) is 0 Å². The molecule has 0 aliphatic heterocycles. The summed E-state index contributed by atoms with van der Waals surface area (Å²) in [7, 11) is 5.43.